The zero-order chi connectivity index (χ0) is 14.7. The van der Waals surface area contributed by atoms with E-state index in [-0.39, 0.29) is 22.7 Å². The molecule has 1 aliphatic rings. The Morgan fingerprint density at radius 1 is 1.37 bits per heavy atom. The molecule has 2 atom stereocenters. The second-order valence-corrected chi connectivity index (χ2v) is 6.69. The summed E-state index contributed by atoms with van der Waals surface area (Å²) in [6, 6.07) is 0.0619. The van der Waals surface area contributed by atoms with Crippen molar-refractivity contribution in [2.45, 2.75) is 46.1 Å². The van der Waals surface area contributed by atoms with Crippen LogP contribution in [0.4, 0.5) is 9.59 Å². The Bertz CT molecular complexity index is 385. The van der Waals surface area contributed by atoms with Gasteiger partial charge in [-0.05, 0) is 0 Å². The third-order valence-electron chi connectivity index (χ3n) is 3.66. The van der Waals surface area contributed by atoms with E-state index >= 15 is 0 Å². The molecule has 2 N–H and O–H groups in total. The first-order valence-electron chi connectivity index (χ1n) is 6.62. The zero-order valence-corrected chi connectivity index (χ0v) is 12.1. The van der Waals surface area contributed by atoms with Gasteiger partial charge in [-0.2, -0.15) is 0 Å². The molecule has 0 spiro atoms. The van der Waals surface area contributed by atoms with Crippen LogP contribution in [0.5, 0.6) is 0 Å². The second kappa shape index (κ2) is 5.93. The molecule has 1 fully saturated rings. The van der Waals surface area contributed by atoms with E-state index in [4.69, 9.17) is 7.85 Å². The fourth-order valence-electron chi connectivity index (χ4n) is 3.44. The van der Waals surface area contributed by atoms with Crippen molar-refractivity contribution in [2.75, 3.05) is 6.54 Å². The topological polar surface area (TPSA) is 58.2 Å². The number of amides is 2. The van der Waals surface area contributed by atoms with Gasteiger partial charge in [0.05, 0.1) is 0 Å². The van der Waals surface area contributed by atoms with Crippen LogP contribution in [0.15, 0.2) is 0 Å². The third kappa shape index (κ3) is 5.21. The minimum atomic E-state index is -0.486. The van der Waals surface area contributed by atoms with Crippen molar-refractivity contribution < 1.29 is 9.59 Å². The van der Waals surface area contributed by atoms with Crippen molar-refractivity contribution in [2.24, 2.45) is 10.8 Å². The fourth-order valence-corrected chi connectivity index (χ4v) is 3.44. The molecule has 0 aromatic carbocycles. The number of nitrogens with one attached hydrogen (secondary N) is 2. The summed E-state index contributed by atoms with van der Waals surface area (Å²) < 4.78 is 0. The number of hydrogen-bond donors (Lipinski definition) is 2. The molecule has 102 valence electrons. The summed E-state index contributed by atoms with van der Waals surface area (Å²) >= 11 is 0. The average Bonchev–Trinajstić information content (AvgIpc) is 2.22. The summed E-state index contributed by atoms with van der Waals surface area (Å²) in [5.41, 5.74) is 0.0621. The van der Waals surface area contributed by atoms with E-state index in [2.05, 4.69) is 37.9 Å². The monoisotopic (exact) mass is 260 g/mol. The van der Waals surface area contributed by atoms with Gasteiger partial charge in [-0.3, -0.25) is 0 Å². The first kappa shape index (κ1) is 16.0. The Morgan fingerprint density at radius 2 is 2.00 bits per heavy atom. The van der Waals surface area contributed by atoms with E-state index in [0.717, 1.165) is 19.3 Å². The third-order valence-corrected chi connectivity index (χ3v) is 3.66. The Labute approximate surface area is 117 Å². The summed E-state index contributed by atoms with van der Waals surface area (Å²) in [7, 11) is 5.21. The molecule has 4 nitrogen and oxygen atoms in total. The van der Waals surface area contributed by atoms with E-state index in [9.17, 15) is 9.59 Å². The van der Waals surface area contributed by atoms with Gasteiger partial charge in [-0.25, -0.2) is 0 Å². The summed E-state index contributed by atoms with van der Waals surface area (Å²) in [6.07, 6.45) is 2.71. The summed E-state index contributed by atoms with van der Waals surface area (Å²) in [5, 5.41) is 5.65. The summed E-state index contributed by atoms with van der Waals surface area (Å²) in [4.78, 5) is 22.3. The van der Waals surface area contributed by atoms with Crippen LogP contribution < -0.4 is 10.6 Å². The maximum absolute atomic E-state index is 11.3. The molecule has 1 rings (SSSR count). The molecule has 0 aromatic rings. The van der Waals surface area contributed by atoms with E-state index in [1.165, 1.54) is 6.92 Å². The minimum absolute atomic E-state index is 0.0481. The van der Waals surface area contributed by atoms with Crippen molar-refractivity contribution in [3.05, 3.63) is 0 Å². The van der Waals surface area contributed by atoms with Crippen LogP contribution in [0.3, 0.4) is 0 Å². The van der Waals surface area contributed by atoms with E-state index < -0.39 is 5.81 Å². The van der Waals surface area contributed by atoms with Crippen LogP contribution in [-0.4, -0.2) is 45.4 Å². The molecule has 2 radical (unpaired) electrons. The average molecular weight is 260 g/mol. The van der Waals surface area contributed by atoms with Crippen LogP contribution in [0.25, 0.3) is 0 Å². The second-order valence-electron chi connectivity index (χ2n) is 6.69. The van der Waals surface area contributed by atoms with Crippen LogP contribution in [0, 0.1) is 10.8 Å². The fraction of sp³-hybridized carbons (Fsp3) is 0.769. The Kier molecular flexibility index (Phi) is 4.99. The van der Waals surface area contributed by atoms with Gasteiger partial charge in [0.2, 0.25) is 0 Å². The number of rotatable bonds is 4. The molecule has 0 aromatic heterocycles. The van der Waals surface area contributed by atoms with Gasteiger partial charge in [-0.15, -0.1) is 0 Å². The van der Waals surface area contributed by atoms with Crippen molar-refractivity contribution in [3.63, 3.8) is 0 Å². The van der Waals surface area contributed by atoms with E-state index in [0.29, 0.717) is 6.54 Å². The van der Waals surface area contributed by atoms with Gasteiger partial charge >= 0.3 is 117 Å². The molecule has 1 aliphatic carbocycles. The van der Waals surface area contributed by atoms with Crippen LogP contribution in [0.1, 0.15) is 40.0 Å². The number of carbonyl (C=O) groups excluding carboxylic acids is 2. The van der Waals surface area contributed by atoms with Crippen LogP contribution >= 0.6 is 0 Å². The van der Waals surface area contributed by atoms with Crippen molar-refractivity contribution in [3.8, 4) is 0 Å². The SMILES string of the molecule is [B]C(=O)NC1CC(C)(C)CC(C)(CNC(=O)B=C)C1. The molecule has 0 saturated heterocycles. The molecule has 2 amide bonds. The summed E-state index contributed by atoms with van der Waals surface area (Å²) in [5.74, 6) is -0.649. The molecule has 0 aliphatic heterocycles. The molecule has 0 bridgehead atoms. The molecular weight excluding hydrogens is 238 g/mol. The molecule has 19 heavy (non-hydrogen) atoms. The quantitative estimate of drug-likeness (QED) is 0.748. The van der Waals surface area contributed by atoms with Gasteiger partial charge in [0.1, 0.15) is 0 Å². The maximum atomic E-state index is 11.3. The molecule has 1 saturated carbocycles. The van der Waals surface area contributed by atoms with E-state index in [1.807, 2.05) is 0 Å². The first-order valence-corrected chi connectivity index (χ1v) is 6.62. The molecule has 6 heteroatoms. The van der Waals surface area contributed by atoms with Gasteiger partial charge in [-0.1, -0.05) is 0 Å². The predicted molar refractivity (Wildman–Crippen MR) is 80.1 cm³/mol. The van der Waals surface area contributed by atoms with Gasteiger partial charge < -0.3 is 0 Å². The molecule has 0 heterocycles. The van der Waals surface area contributed by atoms with Crippen molar-refractivity contribution >= 4 is 32.8 Å². The van der Waals surface area contributed by atoms with Gasteiger partial charge in [0.25, 0.3) is 0 Å². The standard InChI is InChI=1S/C13H22B2N2O2/c1-12(2)5-9(17-10(14)18)6-13(3,7-12)8-16-11(19)15-4/h9H,4-8H2,1-3H3,(H,16,19)(H,17,18). The van der Waals surface area contributed by atoms with E-state index in [1.54, 1.807) is 0 Å². The first-order chi connectivity index (χ1) is 8.66. The van der Waals surface area contributed by atoms with Crippen LogP contribution in [-0.2, 0) is 0 Å². The number of carbonyl (C=O) groups is 2. The normalized spacial score (nSPS) is 29.1. The Balaban J connectivity index is 2.72. The Morgan fingerprint density at radius 3 is 2.53 bits per heavy atom. The zero-order valence-electron chi connectivity index (χ0n) is 12.1. The van der Waals surface area contributed by atoms with Crippen LogP contribution in [0.2, 0.25) is 0 Å². The van der Waals surface area contributed by atoms with Crippen molar-refractivity contribution in [1.82, 2.24) is 10.6 Å². The number of hydrogen-bond acceptors (Lipinski definition) is 2. The van der Waals surface area contributed by atoms with Crippen molar-refractivity contribution in [1.29, 1.82) is 0 Å². The molecule has 2 unspecified atom stereocenters. The predicted octanol–water partition coefficient (Wildman–Crippen LogP) is 1.30. The Hall–Kier alpha value is -1.06. The molecular formula is C13H22B2N2O2. The van der Waals surface area contributed by atoms with Gasteiger partial charge in [0.15, 0.2) is 0 Å². The van der Waals surface area contributed by atoms with Gasteiger partial charge in [0, 0.05) is 0 Å². The summed E-state index contributed by atoms with van der Waals surface area (Å²) in [6.45, 7) is 11.8.